The molecule has 0 unspecified atom stereocenters. The number of alkyl halides is 3. The van der Waals surface area contributed by atoms with Crippen molar-refractivity contribution in [3.63, 3.8) is 0 Å². The zero-order valence-electron chi connectivity index (χ0n) is 13.0. The number of carbonyl (C=O) groups excluding carboxylic acids is 1. The van der Waals surface area contributed by atoms with Gasteiger partial charge in [0.25, 0.3) is 5.91 Å². The molecule has 0 N–H and O–H groups in total. The minimum Gasteiger partial charge on any atom is -0.339 e. The Kier molecular flexibility index (Phi) is 5.43. The van der Waals surface area contributed by atoms with Crippen molar-refractivity contribution in [1.29, 1.82) is 0 Å². The lowest BCUT2D eigenvalue weighted by Crippen LogP contribution is -2.37. The largest absolute Gasteiger partial charge is 0.416 e. The predicted octanol–water partition coefficient (Wildman–Crippen LogP) is 3.85. The topological polar surface area (TPSA) is 46.1 Å². The molecule has 0 aliphatic rings. The first-order valence-electron chi connectivity index (χ1n) is 7.09. The third kappa shape index (κ3) is 4.23. The van der Waals surface area contributed by atoms with Crippen LogP contribution in [0, 0.1) is 0 Å². The molecule has 0 bridgehead atoms. The molecule has 1 atom stereocenters. The van der Waals surface area contributed by atoms with Gasteiger partial charge in [-0.25, -0.2) is 0 Å². The molecule has 0 radical (unpaired) electrons. The van der Waals surface area contributed by atoms with Crippen LogP contribution in [0.5, 0.6) is 0 Å². The van der Waals surface area contributed by atoms with E-state index in [1.807, 2.05) is 0 Å². The molecule has 0 aliphatic heterocycles. The van der Waals surface area contributed by atoms with Crippen LogP contribution >= 0.6 is 11.6 Å². The number of rotatable bonds is 4. The van der Waals surface area contributed by atoms with Crippen LogP contribution in [0.15, 0.2) is 36.8 Å². The van der Waals surface area contributed by atoms with Crippen LogP contribution in [0.3, 0.4) is 0 Å². The van der Waals surface area contributed by atoms with Gasteiger partial charge in [0.05, 0.1) is 21.8 Å². The maximum absolute atomic E-state index is 12.8. The van der Waals surface area contributed by atoms with Crippen molar-refractivity contribution in [3.05, 3.63) is 58.6 Å². The molecule has 8 heteroatoms. The van der Waals surface area contributed by atoms with Crippen LogP contribution in [0.4, 0.5) is 13.2 Å². The van der Waals surface area contributed by atoms with E-state index in [2.05, 4.69) is 9.97 Å². The van der Waals surface area contributed by atoms with E-state index >= 15 is 0 Å². The van der Waals surface area contributed by atoms with Gasteiger partial charge in [-0.3, -0.25) is 14.8 Å². The van der Waals surface area contributed by atoms with Crippen molar-refractivity contribution in [2.75, 3.05) is 7.05 Å². The van der Waals surface area contributed by atoms with E-state index in [4.69, 9.17) is 11.6 Å². The smallest absolute Gasteiger partial charge is 0.339 e. The average Bonchev–Trinajstić information content (AvgIpc) is 2.53. The van der Waals surface area contributed by atoms with E-state index in [0.717, 1.165) is 18.2 Å². The predicted molar refractivity (Wildman–Crippen MR) is 83.7 cm³/mol. The fourth-order valence-corrected chi connectivity index (χ4v) is 2.33. The fraction of sp³-hybridized carbons (Fsp3) is 0.312. The summed E-state index contributed by atoms with van der Waals surface area (Å²) in [7, 11) is 1.51. The zero-order valence-corrected chi connectivity index (χ0v) is 13.8. The normalized spacial score (nSPS) is 12.8. The van der Waals surface area contributed by atoms with Crippen molar-refractivity contribution in [2.45, 2.75) is 25.6 Å². The number of carbonyl (C=O) groups is 1. The third-order valence-electron chi connectivity index (χ3n) is 3.63. The fourth-order valence-electron chi connectivity index (χ4n) is 2.13. The summed E-state index contributed by atoms with van der Waals surface area (Å²) in [4.78, 5) is 21.9. The lowest BCUT2D eigenvalue weighted by atomic mass is 10.1. The van der Waals surface area contributed by atoms with Crippen LogP contribution in [0.25, 0.3) is 0 Å². The summed E-state index contributed by atoms with van der Waals surface area (Å²) in [5.41, 5.74) is -0.412. The molecule has 0 saturated heterocycles. The lowest BCUT2D eigenvalue weighted by molar-refractivity contribution is -0.137. The van der Waals surface area contributed by atoms with E-state index < -0.39 is 17.6 Å². The Morgan fingerprint density at radius 1 is 1.33 bits per heavy atom. The molecule has 1 amide bonds. The van der Waals surface area contributed by atoms with Gasteiger partial charge in [0.1, 0.15) is 0 Å². The number of hydrogen-bond donors (Lipinski definition) is 0. The number of hydrogen-bond acceptors (Lipinski definition) is 3. The molecule has 24 heavy (non-hydrogen) atoms. The van der Waals surface area contributed by atoms with E-state index in [-0.39, 0.29) is 16.6 Å². The highest BCUT2D eigenvalue weighted by molar-refractivity contribution is 6.33. The highest BCUT2D eigenvalue weighted by Gasteiger charge is 2.32. The second kappa shape index (κ2) is 7.17. The number of amides is 1. The Morgan fingerprint density at radius 3 is 2.62 bits per heavy atom. The molecular weight excluding hydrogens is 343 g/mol. The Balaban J connectivity index is 2.21. The summed E-state index contributed by atoms with van der Waals surface area (Å²) < 4.78 is 38.5. The number of nitrogens with zero attached hydrogens (tertiary/aromatic N) is 3. The minimum atomic E-state index is -4.54. The summed E-state index contributed by atoms with van der Waals surface area (Å²) >= 11 is 5.91. The second-order valence-corrected chi connectivity index (χ2v) is 5.77. The van der Waals surface area contributed by atoms with E-state index in [1.54, 1.807) is 13.1 Å². The van der Waals surface area contributed by atoms with Crippen molar-refractivity contribution >= 4 is 17.5 Å². The molecule has 128 valence electrons. The van der Waals surface area contributed by atoms with Gasteiger partial charge in [0, 0.05) is 38.1 Å². The van der Waals surface area contributed by atoms with Gasteiger partial charge in [-0.15, -0.1) is 0 Å². The summed E-state index contributed by atoms with van der Waals surface area (Å²) in [6.45, 7) is 1.77. The number of halogens is 4. The molecule has 1 aromatic heterocycles. The molecule has 4 nitrogen and oxygen atoms in total. The lowest BCUT2D eigenvalue weighted by Gasteiger charge is -2.25. The average molecular weight is 358 g/mol. The first-order chi connectivity index (χ1) is 11.2. The van der Waals surface area contributed by atoms with E-state index in [1.165, 1.54) is 24.3 Å². The van der Waals surface area contributed by atoms with Gasteiger partial charge in [-0.05, 0) is 25.1 Å². The molecule has 1 aromatic carbocycles. The van der Waals surface area contributed by atoms with Crippen LogP contribution in [0.1, 0.15) is 28.5 Å². The maximum Gasteiger partial charge on any atom is 0.416 e. The van der Waals surface area contributed by atoms with Crippen LogP contribution in [-0.2, 0) is 12.6 Å². The molecule has 0 saturated carbocycles. The number of aromatic nitrogens is 2. The van der Waals surface area contributed by atoms with E-state index in [9.17, 15) is 18.0 Å². The first-order valence-corrected chi connectivity index (χ1v) is 7.46. The highest BCUT2D eigenvalue weighted by atomic mass is 35.5. The van der Waals surface area contributed by atoms with E-state index in [0.29, 0.717) is 12.1 Å². The molecule has 0 aliphatic carbocycles. The molecular formula is C16H15ClF3N3O. The minimum absolute atomic E-state index is 0.0217. The Bertz CT molecular complexity index is 722. The Labute approximate surface area is 142 Å². The SMILES string of the molecule is C[C@@H](Cc1cnccn1)N(C)C(=O)c1cc(C(F)(F)F)ccc1Cl. The Hall–Kier alpha value is -2.15. The third-order valence-corrected chi connectivity index (χ3v) is 3.96. The van der Waals surface area contributed by atoms with Gasteiger partial charge < -0.3 is 4.90 Å². The summed E-state index contributed by atoms with van der Waals surface area (Å²) in [5, 5.41) is -0.0217. The van der Waals surface area contributed by atoms with Crippen molar-refractivity contribution in [1.82, 2.24) is 14.9 Å². The monoisotopic (exact) mass is 357 g/mol. The molecule has 0 spiro atoms. The summed E-state index contributed by atoms with van der Waals surface area (Å²) in [6, 6.07) is 2.41. The highest BCUT2D eigenvalue weighted by Crippen LogP contribution is 2.32. The zero-order chi connectivity index (χ0) is 17.9. The van der Waals surface area contributed by atoms with Gasteiger partial charge in [-0.1, -0.05) is 11.6 Å². The van der Waals surface area contributed by atoms with Crippen molar-refractivity contribution in [3.8, 4) is 0 Å². The second-order valence-electron chi connectivity index (χ2n) is 5.36. The maximum atomic E-state index is 12.8. The summed E-state index contributed by atoms with van der Waals surface area (Å²) in [6.07, 6.45) is 0.529. The first kappa shape index (κ1) is 18.2. The van der Waals surface area contributed by atoms with Crippen LogP contribution in [0.2, 0.25) is 5.02 Å². The summed E-state index contributed by atoms with van der Waals surface area (Å²) in [5.74, 6) is -0.581. The van der Waals surface area contributed by atoms with Gasteiger partial charge in [0.15, 0.2) is 0 Å². The number of benzene rings is 1. The molecule has 0 fully saturated rings. The van der Waals surface area contributed by atoms with Gasteiger partial charge in [0.2, 0.25) is 0 Å². The molecule has 2 rings (SSSR count). The van der Waals surface area contributed by atoms with Crippen molar-refractivity contribution < 1.29 is 18.0 Å². The molecule has 2 aromatic rings. The Morgan fingerprint density at radius 2 is 2.04 bits per heavy atom. The van der Waals surface area contributed by atoms with Crippen LogP contribution in [-0.4, -0.2) is 33.9 Å². The van der Waals surface area contributed by atoms with Crippen LogP contribution < -0.4 is 0 Å². The number of likely N-dealkylation sites (N-methyl/N-ethyl adjacent to an activating group) is 1. The van der Waals surface area contributed by atoms with Gasteiger partial charge in [-0.2, -0.15) is 13.2 Å². The van der Waals surface area contributed by atoms with Crippen molar-refractivity contribution in [2.24, 2.45) is 0 Å². The molecule has 1 heterocycles. The van der Waals surface area contributed by atoms with Gasteiger partial charge >= 0.3 is 6.18 Å². The standard InChI is InChI=1S/C16H15ClF3N3O/c1-10(7-12-9-21-5-6-22-12)23(2)15(24)13-8-11(16(18,19)20)3-4-14(13)17/h3-6,8-10H,7H2,1-2H3/t10-/m0/s1. The quantitative estimate of drug-likeness (QED) is 0.835.